The van der Waals surface area contributed by atoms with E-state index in [2.05, 4.69) is 25.9 Å². The second kappa shape index (κ2) is 7.86. The fraction of sp³-hybridized carbons (Fsp3) is 0.550. The van der Waals surface area contributed by atoms with Crippen molar-refractivity contribution in [1.82, 2.24) is 14.9 Å². The van der Waals surface area contributed by atoms with E-state index < -0.39 is 33.7 Å². The van der Waals surface area contributed by atoms with Crippen molar-refractivity contribution >= 4 is 50.3 Å². The molecule has 12 heteroatoms. The van der Waals surface area contributed by atoms with E-state index in [0.29, 0.717) is 25.9 Å². The number of halogens is 6. The summed E-state index contributed by atoms with van der Waals surface area (Å²) in [7, 11) is 0. The molecule has 6 nitrogen and oxygen atoms in total. The molecule has 1 aromatic carbocycles. The summed E-state index contributed by atoms with van der Waals surface area (Å²) in [6.45, 7) is 5.95. The summed E-state index contributed by atoms with van der Waals surface area (Å²) >= 11 is 8.69. The summed E-state index contributed by atoms with van der Waals surface area (Å²) in [5.74, 6) is -1.05. The molecule has 2 fully saturated rings. The average molecular weight is 540 g/mol. The molecule has 2 atom stereocenters. The molecule has 0 spiro atoms. The first-order valence-corrected chi connectivity index (χ1v) is 11.1. The third-order valence-electron chi connectivity index (χ3n) is 5.52. The first-order chi connectivity index (χ1) is 14.8. The van der Waals surface area contributed by atoms with Crippen molar-refractivity contribution in [3.05, 3.63) is 27.2 Å². The largest absolute Gasteiger partial charge is 0.444 e. The molecule has 0 unspecified atom stereocenters. The van der Waals surface area contributed by atoms with Gasteiger partial charge in [0.15, 0.2) is 5.82 Å². The number of piperazine rings is 1. The molecule has 0 saturated carbocycles. The Balaban J connectivity index is 1.74. The second-order valence-corrected chi connectivity index (χ2v) is 10.1. The summed E-state index contributed by atoms with van der Waals surface area (Å²) in [4.78, 5) is 24.1. The van der Waals surface area contributed by atoms with Crippen molar-refractivity contribution in [2.75, 3.05) is 18.0 Å². The summed E-state index contributed by atoms with van der Waals surface area (Å²) < 4.78 is 60.1. The van der Waals surface area contributed by atoms with Gasteiger partial charge in [-0.25, -0.2) is 14.2 Å². The van der Waals surface area contributed by atoms with Crippen LogP contribution in [-0.2, 0) is 10.9 Å². The Hall–Kier alpha value is -1.88. The number of hydrogen-bond acceptors (Lipinski definition) is 5. The van der Waals surface area contributed by atoms with E-state index >= 15 is 0 Å². The van der Waals surface area contributed by atoms with Crippen LogP contribution in [0.2, 0.25) is 5.28 Å². The summed E-state index contributed by atoms with van der Waals surface area (Å²) in [5, 5.41) is -0.368. The number of carbonyl (C=O) groups is 1. The van der Waals surface area contributed by atoms with Crippen LogP contribution in [0, 0.1) is 5.82 Å². The van der Waals surface area contributed by atoms with Gasteiger partial charge in [-0.2, -0.15) is 18.2 Å². The van der Waals surface area contributed by atoms with E-state index in [1.165, 1.54) is 0 Å². The van der Waals surface area contributed by atoms with E-state index in [9.17, 15) is 22.4 Å². The summed E-state index contributed by atoms with van der Waals surface area (Å²) in [6.07, 6.45) is -3.78. The number of nitrogens with zero attached hydrogens (tertiary/aromatic N) is 4. The Morgan fingerprint density at radius 3 is 2.31 bits per heavy atom. The minimum absolute atomic E-state index is 0.0902. The van der Waals surface area contributed by atoms with Gasteiger partial charge < -0.3 is 9.64 Å². The lowest BCUT2D eigenvalue weighted by molar-refractivity contribution is -0.138. The van der Waals surface area contributed by atoms with Crippen molar-refractivity contribution in [2.24, 2.45) is 0 Å². The molecule has 0 N–H and O–H groups in total. The van der Waals surface area contributed by atoms with Crippen molar-refractivity contribution in [3.63, 3.8) is 0 Å². The molecule has 2 saturated heterocycles. The highest BCUT2D eigenvalue weighted by atomic mass is 79.9. The molecule has 3 heterocycles. The molecule has 2 aliphatic rings. The highest BCUT2D eigenvalue weighted by Gasteiger charge is 2.45. The molecule has 1 aromatic heterocycles. The number of benzene rings is 1. The van der Waals surface area contributed by atoms with Crippen molar-refractivity contribution in [3.8, 4) is 0 Å². The Bertz CT molecular complexity index is 1080. The van der Waals surface area contributed by atoms with Gasteiger partial charge >= 0.3 is 12.3 Å². The zero-order valence-electron chi connectivity index (χ0n) is 17.4. The predicted octanol–water partition coefficient (Wildman–Crippen LogP) is 5.79. The van der Waals surface area contributed by atoms with Crippen LogP contribution in [0.4, 0.5) is 28.2 Å². The van der Waals surface area contributed by atoms with Crippen LogP contribution >= 0.6 is 27.5 Å². The monoisotopic (exact) mass is 538 g/mol. The quantitative estimate of drug-likeness (QED) is 0.339. The van der Waals surface area contributed by atoms with Crippen LogP contribution in [0.15, 0.2) is 10.5 Å². The van der Waals surface area contributed by atoms with E-state index in [1.807, 2.05) is 0 Å². The minimum atomic E-state index is -4.78. The Labute approximate surface area is 195 Å². The molecule has 1 amide bonds. The van der Waals surface area contributed by atoms with Gasteiger partial charge in [-0.1, -0.05) is 0 Å². The van der Waals surface area contributed by atoms with Crippen LogP contribution in [0.25, 0.3) is 10.9 Å². The number of hydrogen-bond donors (Lipinski definition) is 0. The maximum Gasteiger partial charge on any atom is 0.417 e. The zero-order valence-corrected chi connectivity index (χ0v) is 19.8. The Morgan fingerprint density at radius 1 is 1.19 bits per heavy atom. The summed E-state index contributed by atoms with van der Waals surface area (Å²) in [6, 6.07) is 0.403. The zero-order chi connectivity index (χ0) is 23.6. The molecule has 2 bridgehead atoms. The maximum atomic E-state index is 14.8. The van der Waals surface area contributed by atoms with Gasteiger partial charge in [0.2, 0.25) is 5.28 Å². The lowest BCUT2D eigenvalue weighted by atomic mass is 10.1. The maximum absolute atomic E-state index is 14.8. The van der Waals surface area contributed by atoms with Crippen molar-refractivity contribution in [1.29, 1.82) is 0 Å². The number of carbonyl (C=O) groups excluding carboxylic acids is 1. The SMILES string of the molecule is CC(C)(C)OC(=O)N1[C@@H]2CC[C@H]1CN(c1nc(Cl)nc3c(F)c(Br)c(C(F)(F)F)cc13)C2. The molecule has 4 rings (SSSR count). The van der Waals surface area contributed by atoms with Crippen LogP contribution in [0.5, 0.6) is 0 Å². The minimum Gasteiger partial charge on any atom is -0.444 e. The van der Waals surface area contributed by atoms with E-state index in [-0.39, 0.29) is 34.1 Å². The van der Waals surface area contributed by atoms with Crippen LogP contribution in [-0.4, -0.2) is 51.7 Å². The van der Waals surface area contributed by atoms with Gasteiger partial charge in [0.05, 0.1) is 22.1 Å². The lowest BCUT2D eigenvalue weighted by Gasteiger charge is -2.42. The molecular formula is C20H20BrClF4N4O2. The van der Waals surface area contributed by atoms with Gasteiger partial charge in [0, 0.05) is 18.5 Å². The molecule has 0 radical (unpaired) electrons. The number of rotatable bonds is 1. The second-order valence-electron chi connectivity index (χ2n) is 8.94. The van der Waals surface area contributed by atoms with Gasteiger partial charge in [0.25, 0.3) is 0 Å². The van der Waals surface area contributed by atoms with E-state index in [1.54, 1.807) is 30.6 Å². The molecule has 32 heavy (non-hydrogen) atoms. The fourth-order valence-corrected chi connectivity index (χ4v) is 4.99. The topological polar surface area (TPSA) is 58.6 Å². The average Bonchev–Trinajstić information content (AvgIpc) is 2.92. The van der Waals surface area contributed by atoms with Crippen LogP contribution in [0.3, 0.4) is 0 Å². The van der Waals surface area contributed by atoms with Crippen LogP contribution < -0.4 is 4.90 Å². The number of anilines is 1. The number of aromatic nitrogens is 2. The van der Waals surface area contributed by atoms with Gasteiger partial charge in [-0.05, 0) is 67.2 Å². The number of amides is 1. The van der Waals surface area contributed by atoms with E-state index in [0.717, 1.165) is 6.07 Å². The highest BCUT2D eigenvalue weighted by Crippen LogP contribution is 2.42. The number of ether oxygens (including phenoxy) is 1. The first kappa shape index (κ1) is 23.3. The van der Waals surface area contributed by atoms with Gasteiger partial charge in [-0.15, -0.1) is 0 Å². The number of alkyl halides is 3. The van der Waals surface area contributed by atoms with Crippen molar-refractivity contribution in [2.45, 2.75) is 57.5 Å². The first-order valence-electron chi connectivity index (χ1n) is 9.95. The lowest BCUT2D eigenvalue weighted by Crippen LogP contribution is -2.57. The fourth-order valence-electron chi connectivity index (χ4n) is 4.30. The molecule has 2 aromatic rings. The summed E-state index contributed by atoms with van der Waals surface area (Å²) in [5.41, 5.74) is -2.12. The highest BCUT2D eigenvalue weighted by molar-refractivity contribution is 9.10. The van der Waals surface area contributed by atoms with Crippen LogP contribution in [0.1, 0.15) is 39.2 Å². The van der Waals surface area contributed by atoms with Gasteiger partial charge in [-0.3, -0.25) is 4.90 Å². The predicted molar refractivity (Wildman–Crippen MR) is 114 cm³/mol. The van der Waals surface area contributed by atoms with Gasteiger partial charge in [0.1, 0.15) is 16.9 Å². The standard InChI is InChI=1S/C20H20BrClF4N4O2/c1-19(2,3)32-18(31)30-9-4-5-10(30)8-29(7-9)16-11-6-12(20(24,25)26)13(21)14(23)15(11)27-17(22)28-16/h6,9-10H,4-5,7-8H2,1-3H3/t9-,10+. The molecular weight excluding hydrogens is 520 g/mol. The van der Waals surface area contributed by atoms with Crippen molar-refractivity contribution < 1.29 is 27.1 Å². The third kappa shape index (κ3) is 4.21. The third-order valence-corrected chi connectivity index (χ3v) is 6.46. The number of fused-ring (bicyclic) bond motifs is 3. The smallest absolute Gasteiger partial charge is 0.417 e. The molecule has 0 aliphatic carbocycles. The normalized spacial score (nSPS) is 21.4. The molecule has 2 aliphatic heterocycles. The van der Waals surface area contributed by atoms with E-state index in [4.69, 9.17) is 16.3 Å². The Kier molecular flexibility index (Phi) is 5.72. The Morgan fingerprint density at radius 2 is 1.78 bits per heavy atom. The molecule has 174 valence electrons.